The molecule has 8 heteroatoms. The van der Waals surface area contributed by atoms with E-state index >= 15 is 0 Å². The van der Waals surface area contributed by atoms with E-state index in [1.807, 2.05) is 51.1 Å². The van der Waals surface area contributed by atoms with E-state index in [9.17, 15) is 14.7 Å². The molecule has 2 aromatic rings. The molecule has 3 atom stereocenters. The van der Waals surface area contributed by atoms with Crippen molar-refractivity contribution in [3.8, 4) is 11.5 Å². The van der Waals surface area contributed by atoms with Gasteiger partial charge in [-0.2, -0.15) is 0 Å². The van der Waals surface area contributed by atoms with Gasteiger partial charge in [0, 0.05) is 18.2 Å². The minimum Gasteiger partial charge on any atom is -0.484 e. The van der Waals surface area contributed by atoms with E-state index in [-0.39, 0.29) is 5.91 Å². The van der Waals surface area contributed by atoms with Gasteiger partial charge < -0.3 is 30.0 Å². The fraction of sp³-hybridized carbons (Fsp3) is 0.481. The number of hydrogen-bond donors (Lipinski definition) is 2. The highest BCUT2D eigenvalue weighted by Gasteiger charge is 2.49. The molecule has 0 saturated carbocycles. The monoisotopic (exact) mass is 482 g/mol. The topological polar surface area (TPSA) is 111 Å². The number of hydrogen-bond acceptors (Lipinski definition) is 6. The summed E-state index contributed by atoms with van der Waals surface area (Å²) in [5, 5.41) is 11.0. The van der Waals surface area contributed by atoms with Crippen LogP contribution in [0.5, 0.6) is 11.5 Å². The fourth-order valence-corrected chi connectivity index (χ4v) is 4.86. The SMILES string of the molecule is CN1C(=O)C(CCc2ccccc2)Oc2cc3c(c(C(C)(C)C)c21)OC(C)(C)[C@H](O)[C@H]3OC(N)=O. The minimum atomic E-state index is -1.16. The largest absolute Gasteiger partial charge is 0.484 e. The Bertz CT molecular complexity index is 1140. The standard InChI is InChI=1S/C27H34N2O6/c1-26(2,3)19-20-18(14-16-21(19)35-27(4,5)23(30)22(16)34-25(28)32)33-17(24(31)29(20)6)13-12-15-10-8-7-9-11-15/h7-11,14,17,22-23,30H,12-13H2,1-6H3,(H2,28,32)/t17?,22-,23+/m0/s1. The number of nitrogens with zero attached hydrogens (tertiary/aromatic N) is 1. The van der Waals surface area contributed by atoms with Crippen LogP contribution in [-0.2, 0) is 21.4 Å². The molecule has 188 valence electrons. The number of aliphatic hydroxyl groups is 1. The molecule has 2 amide bonds. The van der Waals surface area contributed by atoms with E-state index in [1.54, 1.807) is 31.9 Å². The highest BCUT2D eigenvalue weighted by Crippen LogP contribution is 2.54. The molecule has 8 nitrogen and oxygen atoms in total. The van der Waals surface area contributed by atoms with Gasteiger partial charge in [-0.15, -0.1) is 0 Å². The van der Waals surface area contributed by atoms with Crippen LogP contribution in [-0.4, -0.2) is 42.0 Å². The van der Waals surface area contributed by atoms with Gasteiger partial charge in [0.15, 0.2) is 12.2 Å². The number of anilines is 1. The molecular formula is C27H34N2O6. The lowest BCUT2D eigenvalue weighted by molar-refractivity contribution is -0.126. The number of likely N-dealkylation sites (N-methyl/N-ethyl adjacent to an activating group) is 1. The van der Waals surface area contributed by atoms with Crippen LogP contribution in [0.2, 0.25) is 0 Å². The van der Waals surface area contributed by atoms with E-state index in [1.165, 1.54) is 0 Å². The van der Waals surface area contributed by atoms with E-state index in [2.05, 4.69) is 0 Å². The van der Waals surface area contributed by atoms with Crippen LogP contribution in [0.25, 0.3) is 0 Å². The summed E-state index contributed by atoms with van der Waals surface area (Å²) in [5.41, 5.74) is 6.74. The third-order valence-corrected chi connectivity index (χ3v) is 6.66. The third-order valence-electron chi connectivity index (χ3n) is 6.66. The van der Waals surface area contributed by atoms with Crippen molar-refractivity contribution in [2.75, 3.05) is 11.9 Å². The number of amides is 2. The Kier molecular flexibility index (Phi) is 6.21. The number of benzene rings is 2. The fourth-order valence-electron chi connectivity index (χ4n) is 4.86. The van der Waals surface area contributed by atoms with Gasteiger partial charge in [-0.1, -0.05) is 51.1 Å². The summed E-state index contributed by atoms with van der Waals surface area (Å²) in [4.78, 5) is 26.7. The van der Waals surface area contributed by atoms with Gasteiger partial charge in [-0.25, -0.2) is 4.79 Å². The summed E-state index contributed by atoms with van der Waals surface area (Å²) in [7, 11) is 1.74. The summed E-state index contributed by atoms with van der Waals surface area (Å²) in [5.74, 6) is 0.796. The second-order valence-electron chi connectivity index (χ2n) is 10.8. The van der Waals surface area contributed by atoms with Gasteiger partial charge in [0.25, 0.3) is 5.91 Å². The molecule has 0 fully saturated rings. The molecule has 4 rings (SSSR count). The van der Waals surface area contributed by atoms with E-state index in [0.717, 1.165) is 11.1 Å². The van der Waals surface area contributed by atoms with Gasteiger partial charge >= 0.3 is 6.09 Å². The first-order chi connectivity index (χ1) is 16.3. The molecule has 0 aromatic heterocycles. The number of nitrogens with two attached hydrogens (primary N) is 1. The van der Waals surface area contributed by atoms with E-state index < -0.39 is 35.4 Å². The molecule has 1 unspecified atom stereocenters. The maximum Gasteiger partial charge on any atom is 0.405 e. The lowest BCUT2D eigenvalue weighted by Gasteiger charge is -2.45. The Hall–Kier alpha value is -3.26. The predicted molar refractivity (Wildman–Crippen MR) is 132 cm³/mol. The average Bonchev–Trinajstić information content (AvgIpc) is 2.77. The number of carbonyl (C=O) groups is 2. The zero-order chi connectivity index (χ0) is 25.7. The third kappa shape index (κ3) is 4.55. The predicted octanol–water partition coefficient (Wildman–Crippen LogP) is 4.01. The van der Waals surface area contributed by atoms with Crippen molar-refractivity contribution in [3.05, 3.63) is 53.1 Å². The normalized spacial score (nSPS) is 23.0. The van der Waals surface area contributed by atoms with Gasteiger partial charge in [0.05, 0.1) is 5.69 Å². The highest BCUT2D eigenvalue weighted by molar-refractivity contribution is 6.01. The Morgan fingerprint density at radius 2 is 1.89 bits per heavy atom. The maximum atomic E-state index is 13.4. The minimum absolute atomic E-state index is 0.140. The molecule has 3 N–H and O–H groups in total. The zero-order valence-corrected chi connectivity index (χ0v) is 21.1. The number of fused-ring (bicyclic) bond motifs is 2. The molecule has 0 radical (unpaired) electrons. The van der Waals surface area contributed by atoms with Crippen molar-refractivity contribution in [1.29, 1.82) is 0 Å². The molecule has 2 heterocycles. The first kappa shape index (κ1) is 24.9. The van der Waals surface area contributed by atoms with Gasteiger partial charge in [0.2, 0.25) is 0 Å². The van der Waals surface area contributed by atoms with Gasteiger partial charge in [-0.3, -0.25) is 4.79 Å². The first-order valence-electron chi connectivity index (χ1n) is 11.8. The quantitative estimate of drug-likeness (QED) is 0.681. The Labute approximate surface area is 206 Å². The molecule has 2 aliphatic rings. The van der Waals surface area contributed by atoms with Crippen LogP contribution in [0.1, 0.15) is 63.8 Å². The smallest absolute Gasteiger partial charge is 0.405 e. The summed E-state index contributed by atoms with van der Waals surface area (Å²) >= 11 is 0. The second-order valence-corrected chi connectivity index (χ2v) is 10.8. The lowest BCUT2D eigenvalue weighted by Crippen LogP contribution is -2.51. The van der Waals surface area contributed by atoms with Crippen molar-refractivity contribution in [3.63, 3.8) is 0 Å². The van der Waals surface area contributed by atoms with Crippen LogP contribution < -0.4 is 20.1 Å². The average molecular weight is 483 g/mol. The van der Waals surface area contributed by atoms with Crippen LogP contribution in [0.4, 0.5) is 10.5 Å². The van der Waals surface area contributed by atoms with Gasteiger partial charge in [0.1, 0.15) is 23.2 Å². The number of aliphatic hydroxyl groups excluding tert-OH is 1. The molecule has 0 spiro atoms. The number of primary amides is 1. The second kappa shape index (κ2) is 8.75. The molecule has 0 saturated heterocycles. The summed E-state index contributed by atoms with van der Waals surface area (Å²) < 4.78 is 18.0. The van der Waals surface area contributed by atoms with Crippen molar-refractivity contribution in [2.45, 2.75) is 76.8 Å². The molecular weight excluding hydrogens is 448 g/mol. The lowest BCUT2D eigenvalue weighted by atomic mass is 9.79. The van der Waals surface area contributed by atoms with Crippen molar-refractivity contribution >= 4 is 17.7 Å². The number of ether oxygens (including phenoxy) is 3. The summed E-state index contributed by atoms with van der Waals surface area (Å²) in [6.45, 7) is 9.46. The Morgan fingerprint density at radius 1 is 1.23 bits per heavy atom. The number of aryl methyl sites for hydroxylation is 1. The molecule has 0 bridgehead atoms. The molecule has 35 heavy (non-hydrogen) atoms. The summed E-state index contributed by atoms with van der Waals surface area (Å²) in [6, 6.07) is 11.6. The van der Waals surface area contributed by atoms with Crippen LogP contribution in [0, 0.1) is 0 Å². The Balaban J connectivity index is 1.83. The Morgan fingerprint density at radius 3 is 2.49 bits per heavy atom. The van der Waals surface area contributed by atoms with Crippen molar-refractivity contribution in [2.24, 2.45) is 5.73 Å². The van der Waals surface area contributed by atoms with Gasteiger partial charge in [-0.05, 0) is 43.7 Å². The number of carbonyl (C=O) groups excluding carboxylic acids is 2. The molecule has 0 aliphatic carbocycles. The highest BCUT2D eigenvalue weighted by atomic mass is 16.6. The first-order valence-corrected chi connectivity index (χ1v) is 11.8. The van der Waals surface area contributed by atoms with Crippen molar-refractivity contribution < 1.29 is 28.9 Å². The molecule has 2 aliphatic heterocycles. The zero-order valence-electron chi connectivity index (χ0n) is 21.1. The van der Waals surface area contributed by atoms with Crippen LogP contribution in [0.15, 0.2) is 36.4 Å². The summed E-state index contributed by atoms with van der Waals surface area (Å²) in [6.07, 6.45) is -2.71. The van der Waals surface area contributed by atoms with Crippen molar-refractivity contribution in [1.82, 2.24) is 0 Å². The van der Waals surface area contributed by atoms with E-state index in [0.29, 0.717) is 35.6 Å². The van der Waals surface area contributed by atoms with Crippen LogP contribution in [0.3, 0.4) is 0 Å². The number of rotatable bonds is 4. The van der Waals surface area contributed by atoms with Crippen LogP contribution >= 0.6 is 0 Å². The molecule has 2 aromatic carbocycles. The maximum absolute atomic E-state index is 13.4. The van der Waals surface area contributed by atoms with E-state index in [4.69, 9.17) is 19.9 Å².